The maximum atomic E-state index is 13.5. The van der Waals surface area contributed by atoms with Crippen molar-refractivity contribution in [3.05, 3.63) is 88.9 Å². The highest BCUT2D eigenvalue weighted by Crippen LogP contribution is 2.35. The number of rotatable bonds is 3. The molecule has 0 spiro atoms. The van der Waals surface area contributed by atoms with Gasteiger partial charge in [0.15, 0.2) is 0 Å². The number of benzene rings is 2. The van der Waals surface area contributed by atoms with Crippen LogP contribution in [-0.4, -0.2) is 22.0 Å². The monoisotopic (exact) mass is 519 g/mol. The van der Waals surface area contributed by atoms with Gasteiger partial charge in [-0.2, -0.15) is 0 Å². The van der Waals surface area contributed by atoms with E-state index in [2.05, 4.69) is 31.7 Å². The zero-order valence-electron chi connectivity index (χ0n) is 22.9. The number of carbonyl (C=O) groups excluding carboxylic acids is 1. The first-order chi connectivity index (χ1) is 19.0. The molecule has 0 radical (unpaired) electrons. The van der Waals surface area contributed by atoms with E-state index in [1.165, 1.54) is 63.0 Å². The summed E-state index contributed by atoms with van der Waals surface area (Å²) in [5, 5.41) is 1.94. The van der Waals surface area contributed by atoms with Crippen molar-refractivity contribution < 1.29 is 4.79 Å². The smallest absolute Gasteiger partial charge is 0.255 e. The lowest BCUT2D eigenvalue weighted by Crippen LogP contribution is -2.27. The minimum Gasteiger partial charge on any atom is -0.308 e. The number of hydrogen-bond acceptors (Lipinski definition) is 3. The van der Waals surface area contributed by atoms with Gasteiger partial charge in [-0.25, -0.2) is 0 Å². The SMILES string of the molecule is C=CC(=O)N1CCc2ccc(-n3c(=O)ccc4cnc5ccc(C6CCCCC(C)CCCC6)cc5c43)cc21. The van der Waals surface area contributed by atoms with Crippen molar-refractivity contribution in [2.75, 3.05) is 11.4 Å². The number of carbonyl (C=O) groups is 1. The maximum Gasteiger partial charge on any atom is 0.255 e. The van der Waals surface area contributed by atoms with Gasteiger partial charge in [-0.3, -0.25) is 19.1 Å². The van der Waals surface area contributed by atoms with Crippen LogP contribution in [0.5, 0.6) is 0 Å². The van der Waals surface area contributed by atoms with Crippen LogP contribution in [0.25, 0.3) is 27.5 Å². The summed E-state index contributed by atoms with van der Waals surface area (Å²) in [4.78, 5) is 32.5. The molecule has 5 heteroatoms. The first kappa shape index (κ1) is 25.5. The summed E-state index contributed by atoms with van der Waals surface area (Å²) in [5.74, 6) is 1.26. The van der Waals surface area contributed by atoms with Crippen LogP contribution in [0, 0.1) is 5.92 Å². The Hall–Kier alpha value is -3.73. The number of nitrogens with zero attached hydrogens (tertiary/aromatic N) is 3. The van der Waals surface area contributed by atoms with Crippen LogP contribution in [0.2, 0.25) is 0 Å². The molecular weight excluding hydrogens is 482 g/mol. The summed E-state index contributed by atoms with van der Waals surface area (Å²) < 4.78 is 1.80. The van der Waals surface area contributed by atoms with Crippen LogP contribution in [0.1, 0.15) is 75.3 Å². The van der Waals surface area contributed by atoms with Gasteiger partial charge in [0.1, 0.15) is 0 Å². The van der Waals surface area contributed by atoms with Gasteiger partial charge >= 0.3 is 0 Å². The lowest BCUT2D eigenvalue weighted by molar-refractivity contribution is -0.114. The molecule has 1 amide bonds. The molecule has 1 aliphatic heterocycles. The first-order valence-corrected chi connectivity index (χ1v) is 14.5. The van der Waals surface area contributed by atoms with E-state index in [1.807, 2.05) is 30.5 Å². The Morgan fingerprint density at radius 1 is 0.974 bits per heavy atom. The van der Waals surface area contributed by atoms with Gasteiger partial charge < -0.3 is 4.90 Å². The second-order valence-electron chi connectivity index (χ2n) is 11.5. The van der Waals surface area contributed by atoms with Crippen LogP contribution in [0.4, 0.5) is 5.69 Å². The molecule has 1 fully saturated rings. The molecule has 6 rings (SSSR count). The van der Waals surface area contributed by atoms with E-state index in [4.69, 9.17) is 4.98 Å². The number of anilines is 1. The summed E-state index contributed by atoms with van der Waals surface area (Å²) in [6, 6.07) is 16.2. The van der Waals surface area contributed by atoms with Crippen LogP contribution in [0.15, 0.2) is 72.2 Å². The Labute approximate surface area is 230 Å². The Bertz CT molecular complexity index is 1610. The molecule has 2 aromatic carbocycles. The summed E-state index contributed by atoms with van der Waals surface area (Å²) in [7, 11) is 0. The highest BCUT2D eigenvalue weighted by molar-refractivity contribution is 6.05. The second kappa shape index (κ2) is 10.8. The molecule has 1 aliphatic carbocycles. The standard InChI is InChI=1S/C34H37N3O2/c1-3-32(38)36-19-18-25-12-15-28(21-31(25)36)37-33(39)17-14-27-22-35-30-16-13-26(20-29(30)34(27)37)24-10-6-4-8-23(2)9-5-7-11-24/h3,12-17,20-24H,1,4-11,18-19H2,2H3. The molecule has 0 unspecified atom stereocenters. The Morgan fingerprint density at radius 3 is 2.51 bits per heavy atom. The topological polar surface area (TPSA) is 55.2 Å². The quantitative estimate of drug-likeness (QED) is 0.208. The Balaban J connectivity index is 1.48. The van der Waals surface area contributed by atoms with Gasteiger partial charge in [0.05, 0.1) is 16.7 Å². The second-order valence-corrected chi connectivity index (χ2v) is 11.5. The van der Waals surface area contributed by atoms with Crippen molar-refractivity contribution in [3.63, 3.8) is 0 Å². The van der Waals surface area contributed by atoms with Gasteiger partial charge in [0.2, 0.25) is 5.91 Å². The molecule has 0 atom stereocenters. The molecule has 200 valence electrons. The third-order valence-electron chi connectivity index (χ3n) is 8.88. The average molecular weight is 520 g/mol. The molecular formula is C34H37N3O2. The number of hydrogen-bond donors (Lipinski definition) is 0. The molecule has 0 N–H and O–H groups in total. The summed E-state index contributed by atoms with van der Waals surface area (Å²) in [6.07, 6.45) is 14.2. The number of fused-ring (bicyclic) bond motifs is 4. The van der Waals surface area contributed by atoms with Gasteiger partial charge in [0.25, 0.3) is 5.56 Å². The van der Waals surface area contributed by atoms with Gasteiger partial charge in [0, 0.05) is 35.3 Å². The largest absolute Gasteiger partial charge is 0.308 e. The van der Waals surface area contributed by atoms with E-state index < -0.39 is 0 Å². The van der Waals surface area contributed by atoms with E-state index in [1.54, 1.807) is 15.5 Å². The van der Waals surface area contributed by atoms with E-state index in [-0.39, 0.29) is 11.5 Å². The number of pyridine rings is 2. The molecule has 2 aliphatic rings. The van der Waals surface area contributed by atoms with E-state index in [0.29, 0.717) is 12.5 Å². The first-order valence-electron chi connectivity index (χ1n) is 14.5. The Morgan fingerprint density at radius 2 is 1.74 bits per heavy atom. The fourth-order valence-electron chi connectivity index (χ4n) is 6.67. The van der Waals surface area contributed by atoms with Crippen molar-refractivity contribution in [2.45, 2.75) is 70.6 Å². The van der Waals surface area contributed by atoms with Crippen molar-refractivity contribution in [1.29, 1.82) is 0 Å². The molecule has 5 nitrogen and oxygen atoms in total. The Kier molecular flexibility index (Phi) is 7.07. The van der Waals surface area contributed by atoms with Gasteiger partial charge in [-0.05, 0) is 78.6 Å². The van der Waals surface area contributed by atoms with E-state index in [0.717, 1.165) is 51.1 Å². The molecule has 4 aromatic rings. The van der Waals surface area contributed by atoms with Crippen LogP contribution >= 0.6 is 0 Å². The maximum absolute atomic E-state index is 13.5. The molecule has 39 heavy (non-hydrogen) atoms. The third-order valence-corrected chi connectivity index (χ3v) is 8.88. The van der Waals surface area contributed by atoms with Crippen LogP contribution in [-0.2, 0) is 11.2 Å². The lowest BCUT2D eigenvalue weighted by Gasteiger charge is -2.22. The fourth-order valence-corrected chi connectivity index (χ4v) is 6.67. The summed E-state index contributed by atoms with van der Waals surface area (Å²) in [6.45, 7) is 6.69. The highest BCUT2D eigenvalue weighted by Gasteiger charge is 2.24. The predicted octanol–water partition coefficient (Wildman–Crippen LogP) is 7.47. The summed E-state index contributed by atoms with van der Waals surface area (Å²) >= 11 is 0. The number of amides is 1. The highest BCUT2D eigenvalue weighted by atomic mass is 16.2. The van der Waals surface area contributed by atoms with Crippen molar-refractivity contribution in [3.8, 4) is 5.69 Å². The predicted molar refractivity (Wildman–Crippen MR) is 160 cm³/mol. The zero-order valence-corrected chi connectivity index (χ0v) is 22.9. The van der Waals surface area contributed by atoms with Gasteiger partial charge in [-0.1, -0.05) is 64.2 Å². The summed E-state index contributed by atoms with van der Waals surface area (Å²) in [5.41, 5.74) is 5.76. The van der Waals surface area contributed by atoms with Crippen LogP contribution < -0.4 is 10.5 Å². The minimum atomic E-state index is -0.115. The van der Waals surface area contributed by atoms with Crippen molar-refractivity contribution in [1.82, 2.24) is 9.55 Å². The molecule has 0 saturated heterocycles. The minimum absolute atomic E-state index is 0.0900. The third kappa shape index (κ3) is 4.91. The zero-order chi connectivity index (χ0) is 26.9. The molecule has 1 saturated carbocycles. The molecule has 2 aromatic heterocycles. The van der Waals surface area contributed by atoms with Crippen LogP contribution in [0.3, 0.4) is 0 Å². The van der Waals surface area contributed by atoms with Gasteiger partial charge in [-0.15, -0.1) is 0 Å². The fraction of sp³-hybridized carbons (Fsp3) is 0.382. The molecule has 0 bridgehead atoms. The van der Waals surface area contributed by atoms with E-state index >= 15 is 0 Å². The van der Waals surface area contributed by atoms with Crippen molar-refractivity contribution >= 4 is 33.4 Å². The molecule has 3 heterocycles. The van der Waals surface area contributed by atoms with Crippen molar-refractivity contribution in [2.24, 2.45) is 5.92 Å². The van der Waals surface area contributed by atoms with E-state index in [9.17, 15) is 9.59 Å². The number of aromatic nitrogens is 2. The average Bonchev–Trinajstić information content (AvgIpc) is 3.39. The normalized spacial score (nSPS) is 20.2. The lowest BCUT2D eigenvalue weighted by atomic mass is 9.84.